The Hall–Kier alpha value is -0.540. The summed E-state index contributed by atoms with van der Waals surface area (Å²) in [7, 11) is 0. The van der Waals surface area contributed by atoms with Gasteiger partial charge in [-0.1, -0.05) is 6.58 Å². The molecule has 0 aromatic carbocycles. The van der Waals surface area contributed by atoms with Crippen molar-refractivity contribution in [2.75, 3.05) is 6.54 Å². The molecule has 0 unspecified atom stereocenters. The van der Waals surface area contributed by atoms with E-state index < -0.39 is 0 Å². The maximum atomic E-state index is 5.36. The highest BCUT2D eigenvalue weighted by molar-refractivity contribution is 9.10. The molecule has 1 rings (SSSR count). The Morgan fingerprint density at radius 2 is 2.45 bits per heavy atom. The fraction of sp³-hybridized carbons (Fsp3) is 0.250. The third-order valence-electron chi connectivity index (χ3n) is 1.36. The van der Waals surface area contributed by atoms with E-state index in [0.717, 1.165) is 22.2 Å². The van der Waals surface area contributed by atoms with Crippen molar-refractivity contribution in [2.45, 2.75) is 6.42 Å². The molecule has 0 spiro atoms. The van der Waals surface area contributed by atoms with Crippen LogP contribution in [0, 0.1) is 0 Å². The molecule has 0 radical (unpaired) electrons. The molecule has 60 valence electrons. The summed E-state index contributed by atoms with van der Waals surface area (Å²) >= 11 is 3.29. The molecule has 2 nitrogen and oxygen atoms in total. The van der Waals surface area contributed by atoms with Crippen LogP contribution in [0.15, 0.2) is 27.8 Å². The fourth-order valence-corrected chi connectivity index (χ4v) is 1.10. The average molecular weight is 216 g/mol. The van der Waals surface area contributed by atoms with Gasteiger partial charge in [0.05, 0.1) is 4.47 Å². The van der Waals surface area contributed by atoms with Gasteiger partial charge in [0, 0.05) is 0 Å². The van der Waals surface area contributed by atoms with E-state index in [1.165, 1.54) is 0 Å². The van der Waals surface area contributed by atoms with Gasteiger partial charge in [-0.25, -0.2) is 0 Å². The van der Waals surface area contributed by atoms with Crippen molar-refractivity contribution in [1.29, 1.82) is 0 Å². The molecular formula is C8H10BrNO. The first-order chi connectivity index (χ1) is 5.24. The molecule has 0 aliphatic heterocycles. The highest BCUT2D eigenvalue weighted by Crippen LogP contribution is 2.21. The molecule has 1 aromatic heterocycles. The SMILES string of the molecule is C=C(CCN)c1cc(Br)co1. The minimum atomic E-state index is 0.608. The molecule has 3 heteroatoms. The minimum Gasteiger partial charge on any atom is -0.464 e. The minimum absolute atomic E-state index is 0.608. The van der Waals surface area contributed by atoms with Gasteiger partial charge < -0.3 is 10.2 Å². The second-order valence-corrected chi connectivity index (χ2v) is 3.19. The molecule has 11 heavy (non-hydrogen) atoms. The molecule has 0 atom stereocenters. The Morgan fingerprint density at radius 3 is 2.91 bits per heavy atom. The summed E-state index contributed by atoms with van der Waals surface area (Å²) in [5.41, 5.74) is 6.30. The first-order valence-electron chi connectivity index (χ1n) is 3.36. The van der Waals surface area contributed by atoms with Crippen LogP contribution in [0.25, 0.3) is 5.57 Å². The fourth-order valence-electron chi connectivity index (χ4n) is 0.796. The van der Waals surface area contributed by atoms with Gasteiger partial charge in [0.2, 0.25) is 0 Å². The zero-order valence-corrected chi connectivity index (χ0v) is 7.73. The van der Waals surface area contributed by atoms with E-state index in [1.54, 1.807) is 6.26 Å². The average Bonchev–Trinajstić information content (AvgIpc) is 2.36. The van der Waals surface area contributed by atoms with Gasteiger partial charge in [-0.05, 0) is 40.5 Å². The lowest BCUT2D eigenvalue weighted by Crippen LogP contribution is -1.98. The van der Waals surface area contributed by atoms with Crippen LogP contribution in [-0.4, -0.2) is 6.54 Å². The van der Waals surface area contributed by atoms with E-state index >= 15 is 0 Å². The van der Waals surface area contributed by atoms with Crippen LogP contribution in [-0.2, 0) is 0 Å². The van der Waals surface area contributed by atoms with Crippen LogP contribution in [0.2, 0.25) is 0 Å². The first-order valence-corrected chi connectivity index (χ1v) is 4.15. The standard InChI is InChI=1S/C8H10BrNO/c1-6(2-3-10)8-4-7(9)5-11-8/h4-5H,1-3,10H2. The molecule has 0 aliphatic carbocycles. The lowest BCUT2D eigenvalue weighted by molar-refractivity contribution is 0.549. The number of rotatable bonds is 3. The van der Waals surface area contributed by atoms with Gasteiger partial charge in [0.1, 0.15) is 12.0 Å². The van der Waals surface area contributed by atoms with Gasteiger partial charge in [0.15, 0.2) is 0 Å². The summed E-state index contributed by atoms with van der Waals surface area (Å²) in [4.78, 5) is 0. The van der Waals surface area contributed by atoms with Crippen molar-refractivity contribution >= 4 is 21.5 Å². The predicted octanol–water partition coefficient (Wildman–Crippen LogP) is 2.40. The lowest BCUT2D eigenvalue weighted by atomic mass is 10.2. The van der Waals surface area contributed by atoms with Crippen molar-refractivity contribution in [3.8, 4) is 0 Å². The third-order valence-corrected chi connectivity index (χ3v) is 1.78. The topological polar surface area (TPSA) is 39.2 Å². The predicted molar refractivity (Wildman–Crippen MR) is 49.1 cm³/mol. The van der Waals surface area contributed by atoms with Crippen LogP contribution in [0.1, 0.15) is 12.2 Å². The molecule has 1 heterocycles. The van der Waals surface area contributed by atoms with E-state index in [9.17, 15) is 0 Å². The van der Waals surface area contributed by atoms with Gasteiger partial charge in [0.25, 0.3) is 0 Å². The summed E-state index contributed by atoms with van der Waals surface area (Å²) in [6.45, 7) is 4.44. The zero-order valence-electron chi connectivity index (χ0n) is 6.14. The molecule has 0 saturated carbocycles. The monoisotopic (exact) mass is 215 g/mol. The summed E-state index contributed by atoms with van der Waals surface area (Å²) in [6.07, 6.45) is 2.41. The number of hydrogen-bond donors (Lipinski definition) is 1. The Balaban J connectivity index is 2.69. The highest BCUT2D eigenvalue weighted by Gasteiger charge is 2.02. The zero-order chi connectivity index (χ0) is 8.27. The lowest BCUT2D eigenvalue weighted by Gasteiger charge is -1.96. The number of halogens is 1. The third kappa shape index (κ3) is 2.20. The van der Waals surface area contributed by atoms with Crippen LogP contribution in [0.5, 0.6) is 0 Å². The van der Waals surface area contributed by atoms with Gasteiger partial charge in [-0.3, -0.25) is 0 Å². The molecule has 0 amide bonds. The number of furan rings is 1. The van der Waals surface area contributed by atoms with E-state index in [0.29, 0.717) is 6.54 Å². The second kappa shape index (κ2) is 3.74. The maximum absolute atomic E-state index is 5.36. The van der Waals surface area contributed by atoms with Crippen LogP contribution >= 0.6 is 15.9 Å². The van der Waals surface area contributed by atoms with Crippen molar-refractivity contribution < 1.29 is 4.42 Å². The molecule has 0 aliphatic rings. The van der Waals surface area contributed by atoms with Gasteiger partial charge in [-0.2, -0.15) is 0 Å². The molecule has 2 N–H and O–H groups in total. The summed E-state index contributed by atoms with van der Waals surface area (Å²) in [6, 6.07) is 1.89. The van der Waals surface area contributed by atoms with Crippen molar-refractivity contribution in [3.63, 3.8) is 0 Å². The molecular weight excluding hydrogens is 206 g/mol. The van der Waals surface area contributed by atoms with Crippen molar-refractivity contribution in [1.82, 2.24) is 0 Å². The quantitative estimate of drug-likeness (QED) is 0.842. The summed E-state index contributed by atoms with van der Waals surface area (Å²) in [5, 5.41) is 0. The van der Waals surface area contributed by atoms with Gasteiger partial charge >= 0.3 is 0 Å². The Bertz CT molecular complexity index is 254. The molecule has 0 fully saturated rings. The first kappa shape index (κ1) is 8.56. The molecule has 0 bridgehead atoms. The number of hydrogen-bond acceptors (Lipinski definition) is 2. The molecule has 1 aromatic rings. The van der Waals surface area contributed by atoms with Gasteiger partial charge in [-0.15, -0.1) is 0 Å². The van der Waals surface area contributed by atoms with Crippen LogP contribution in [0.3, 0.4) is 0 Å². The van der Waals surface area contributed by atoms with Crippen LogP contribution < -0.4 is 5.73 Å². The largest absolute Gasteiger partial charge is 0.464 e. The summed E-state index contributed by atoms with van der Waals surface area (Å²) < 4.78 is 6.11. The Labute approximate surface area is 74.2 Å². The van der Waals surface area contributed by atoms with E-state index in [4.69, 9.17) is 10.2 Å². The van der Waals surface area contributed by atoms with E-state index in [2.05, 4.69) is 22.5 Å². The molecule has 0 saturated heterocycles. The summed E-state index contributed by atoms with van der Waals surface area (Å²) in [5.74, 6) is 0.808. The highest BCUT2D eigenvalue weighted by atomic mass is 79.9. The normalized spacial score (nSPS) is 10.0. The van der Waals surface area contributed by atoms with E-state index in [-0.39, 0.29) is 0 Å². The second-order valence-electron chi connectivity index (χ2n) is 2.27. The number of nitrogens with two attached hydrogens (primary N) is 1. The van der Waals surface area contributed by atoms with Crippen molar-refractivity contribution in [3.05, 3.63) is 29.1 Å². The Kier molecular flexibility index (Phi) is 2.91. The van der Waals surface area contributed by atoms with Crippen LogP contribution in [0.4, 0.5) is 0 Å². The Morgan fingerprint density at radius 1 is 1.73 bits per heavy atom. The smallest absolute Gasteiger partial charge is 0.130 e. The van der Waals surface area contributed by atoms with E-state index in [1.807, 2.05) is 6.07 Å². The maximum Gasteiger partial charge on any atom is 0.130 e. The van der Waals surface area contributed by atoms with Crippen molar-refractivity contribution in [2.24, 2.45) is 5.73 Å².